The highest BCUT2D eigenvalue weighted by atomic mass is 32.2. The molecule has 6 nitrogen and oxygen atoms in total. The average Bonchev–Trinajstić information content (AvgIpc) is 2.64. The SMILES string of the molecule is COc1cc(C#N)ccc1COc1ccc2cc(S(=O)(=O)O)ccc2c1. The summed E-state index contributed by atoms with van der Waals surface area (Å²) in [4.78, 5) is -0.152. The fourth-order valence-corrected chi connectivity index (χ4v) is 3.06. The first-order valence-corrected chi connectivity index (χ1v) is 9.06. The number of hydrogen-bond acceptors (Lipinski definition) is 5. The summed E-state index contributed by atoms with van der Waals surface area (Å²) in [6.45, 7) is 0.253. The summed E-state index contributed by atoms with van der Waals surface area (Å²) in [6.07, 6.45) is 0. The number of hydrogen-bond donors (Lipinski definition) is 1. The zero-order chi connectivity index (χ0) is 18.7. The van der Waals surface area contributed by atoms with E-state index in [2.05, 4.69) is 6.07 Å². The largest absolute Gasteiger partial charge is 0.496 e. The molecule has 0 aliphatic rings. The van der Waals surface area contributed by atoms with Crippen LogP contribution in [0.3, 0.4) is 0 Å². The van der Waals surface area contributed by atoms with Crippen molar-refractivity contribution < 1.29 is 22.4 Å². The molecule has 1 N–H and O–H groups in total. The molecule has 3 aromatic rings. The van der Waals surface area contributed by atoms with Crippen molar-refractivity contribution in [2.45, 2.75) is 11.5 Å². The van der Waals surface area contributed by atoms with Crippen LogP contribution in [-0.4, -0.2) is 20.1 Å². The molecular weight excluding hydrogens is 354 g/mol. The Labute approximate surface area is 151 Å². The fraction of sp³-hybridized carbons (Fsp3) is 0.105. The van der Waals surface area contributed by atoms with Gasteiger partial charge in [-0.2, -0.15) is 13.7 Å². The maximum Gasteiger partial charge on any atom is 0.294 e. The summed E-state index contributed by atoms with van der Waals surface area (Å²) in [6, 6.07) is 16.7. The molecule has 3 aromatic carbocycles. The van der Waals surface area contributed by atoms with Gasteiger partial charge in [-0.15, -0.1) is 0 Å². The first kappa shape index (κ1) is 17.7. The van der Waals surface area contributed by atoms with Crippen molar-refractivity contribution in [2.24, 2.45) is 0 Å². The van der Waals surface area contributed by atoms with Crippen LogP contribution in [0, 0.1) is 11.3 Å². The van der Waals surface area contributed by atoms with Gasteiger partial charge in [0.05, 0.1) is 23.6 Å². The van der Waals surface area contributed by atoms with Gasteiger partial charge in [-0.25, -0.2) is 0 Å². The average molecular weight is 369 g/mol. The summed E-state index contributed by atoms with van der Waals surface area (Å²) in [7, 11) is -2.70. The molecule has 26 heavy (non-hydrogen) atoms. The van der Waals surface area contributed by atoms with Gasteiger partial charge in [0.2, 0.25) is 0 Å². The molecule has 0 bridgehead atoms. The molecular formula is C19H15NO5S. The Balaban J connectivity index is 1.83. The van der Waals surface area contributed by atoms with Crippen molar-refractivity contribution in [1.29, 1.82) is 5.26 Å². The highest BCUT2D eigenvalue weighted by Gasteiger charge is 2.10. The molecule has 3 rings (SSSR count). The molecule has 0 saturated carbocycles. The van der Waals surface area contributed by atoms with Crippen molar-refractivity contribution >= 4 is 20.9 Å². The first-order chi connectivity index (χ1) is 12.4. The van der Waals surface area contributed by atoms with Crippen LogP contribution in [0.4, 0.5) is 0 Å². The Morgan fingerprint density at radius 2 is 1.77 bits per heavy atom. The molecule has 0 heterocycles. The van der Waals surface area contributed by atoms with E-state index in [1.807, 2.05) is 0 Å². The summed E-state index contributed by atoms with van der Waals surface area (Å²) < 4.78 is 42.6. The van der Waals surface area contributed by atoms with E-state index in [1.165, 1.54) is 19.2 Å². The Kier molecular flexibility index (Phi) is 4.80. The lowest BCUT2D eigenvalue weighted by Gasteiger charge is -2.11. The molecule has 0 aliphatic carbocycles. The number of fused-ring (bicyclic) bond motifs is 1. The molecule has 0 aliphatic heterocycles. The lowest BCUT2D eigenvalue weighted by Crippen LogP contribution is -1.99. The van der Waals surface area contributed by atoms with Crippen LogP contribution in [-0.2, 0) is 16.7 Å². The van der Waals surface area contributed by atoms with Crippen molar-refractivity contribution in [3.63, 3.8) is 0 Å². The molecule has 0 spiro atoms. The predicted octanol–water partition coefficient (Wildman–Crippen LogP) is 3.55. The number of methoxy groups -OCH3 is 1. The second-order valence-electron chi connectivity index (χ2n) is 5.57. The van der Waals surface area contributed by atoms with E-state index < -0.39 is 10.1 Å². The van der Waals surface area contributed by atoms with Crippen LogP contribution < -0.4 is 9.47 Å². The smallest absolute Gasteiger partial charge is 0.294 e. The number of ether oxygens (including phenoxy) is 2. The van der Waals surface area contributed by atoms with Crippen molar-refractivity contribution in [1.82, 2.24) is 0 Å². The van der Waals surface area contributed by atoms with Gasteiger partial charge < -0.3 is 9.47 Å². The van der Waals surface area contributed by atoms with Gasteiger partial charge in [-0.1, -0.05) is 18.2 Å². The van der Waals surface area contributed by atoms with E-state index in [-0.39, 0.29) is 11.5 Å². The monoisotopic (exact) mass is 369 g/mol. The van der Waals surface area contributed by atoms with Crippen LogP contribution in [0.2, 0.25) is 0 Å². The van der Waals surface area contributed by atoms with Crippen molar-refractivity contribution in [3.05, 3.63) is 65.7 Å². The molecule has 0 unspecified atom stereocenters. The minimum absolute atomic E-state index is 0.152. The van der Waals surface area contributed by atoms with Crippen LogP contribution in [0.5, 0.6) is 11.5 Å². The van der Waals surface area contributed by atoms with E-state index in [9.17, 15) is 8.42 Å². The Morgan fingerprint density at radius 1 is 1.04 bits per heavy atom. The maximum absolute atomic E-state index is 11.2. The van der Waals surface area contributed by atoms with E-state index in [4.69, 9.17) is 19.3 Å². The molecule has 0 radical (unpaired) electrons. The standard InChI is InChI=1S/C19H15NO5S/c1-24-19-8-13(11-20)2-3-16(19)12-25-17-6-4-15-10-18(26(21,22)23)7-5-14(15)9-17/h2-10H,12H2,1H3,(H,21,22,23). The van der Waals surface area contributed by atoms with E-state index >= 15 is 0 Å². The Bertz CT molecular complexity index is 1120. The predicted molar refractivity (Wildman–Crippen MR) is 95.8 cm³/mol. The highest BCUT2D eigenvalue weighted by Crippen LogP contribution is 2.26. The summed E-state index contributed by atoms with van der Waals surface area (Å²) in [5.41, 5.74) is 1.30. The third-order valence-electron chi connectivity index (χ3n) is 3.89. The van der Waals surface area contributed by atoms with Gasteiger partial charge in [0.15, 0.2) is 0 Å². The molecule has 7 heteroatoms. The maximum atomic E-state index is 11.2. The van der Waals surface area contributed by atoms with Crippen molar-refractivity contribution in [2.75, 3.05) is 7.11 Å². The second-order valence-corrected chi connectivity index (χ2v) is 6.99. The van der Waals surface area contributed by atoms with Gasteiger partial charge in [-0.05, 0) is 47.2 Å². The van der Waals surface area contributed by atoms with Crippen LogP contribution >= 0.6 is 0 Å². The van der Waals surface area contributed by atoms with Gasteiger partial charge in [0.25, 0.3) is 10.1 Å². The number of nitrogens with zero attached hydrogens (tertiary/aromatic N) is 1. The first-order valence-electron chi connectivity index (χ1n) is 7.62. The minimum Gasteiger partial charge on any atom is -0.496 e. The van der Waals surface area contributed by atoms with Gasteiger partial charge in [0.1, 0.15) is 18.1 Å². The topological polar surface area (TPSA) is 96.6 Å². The van der Waals surface area contributed by atoms with Gasteiger partial charge in [-0.3, -0.25) is 4.55 Å². The molecule has 0 fully saturated rings. The summed E-state index contributed by atoms with van der Waals surface area (Å²) >= 11 is 0. The van der Waals surface area contributed by atoms with Gasteiger partial charge in [0, 0.05) is 5.56 Å². The van der Waals surface area contributed by atoms with E-state index in [0.717, 1.165) is 10.9 Å². The molecule has 132 valence electrons. The highest BCUT2D eigenvalue weighted by molar-refractivity contribution is 7.85. The summed E-state index contributed by atoms with van der Waals surface area (Å²) in [5.74, 6) is 1.17. The summed E-state index contributed by atoms with van der Waals surface area (Å²) in [5, 5.41) is 10.4. The molecule has 0 atom stereocenters. The second kappa shape index (κ2) is 7.04. The molecule has 0 amide bonds. The molecule has 0 aromatic heterocycles. The van der Waals surface area contributed by atoms with Crippen LogP contribution in [0.1, 0.15) is 11.1 Å². The lowest BCUT2D eigenvalue weighted by atomic mass is 10.1. The molecule has 0 saturated heterocycles. The van der Waals surface area contributed by atoms with E-state index in [1.54, 1.807) is 42.5 Å². The number of benzene rings is 3. The van der Waals surface area contributed by atoms with Gasteiger partial charge >= 0.3 is 0 Å². The van der Waals surface area contributed by atoms with Crippen LogP contribution in [0.25, 0.3) is 10.8 Å². The lowest BCUT2D eigenvalue weighted by molar-refractivity contribution is 0.297. The fourth-order valence-electron chi connectivity index (χ4n) is 2.55. The third kappa shape index (κ3) is 3.77. The number of rotatable bonds is 5. The van der Waals surface area contributed by atoms with Crippen LogP contribution in [0.15, 0.2) is 59.5 Å². The quantitative estimate of drug-likeness (QED) is 0.691. The zero-order valence-electron chi connectivity index (χ0n) is 13.8. The third-order valence-corrected chi connectivity index (χ3v) is 4.74. The Morgan fingerprint density at radius 3 is 2.46 bits per heavy atom. The minimum atomic E-state index is -4.23. The Hall–Kier alpha value is -3.08. The van der Waals surface area contributed by atoms with Crippen molar-refractivity contribution in [3.8, 4) is 17.6 Å². The zero-order valence-corrected chi connectivity index (χ0v) is 14.7. The van der Waals surface area contributed by atoms with E-state index in [0.29, 0.717) is 22.4 Å². The normalized spacial score (nSPS) is 11.1. The number of nitriles is 1.